The molecule has 0 amide bonds. The van der Waals surface area contributed by atoms with Crippen LogP contribution in [0.5, 0.6) is 0 Å². The van der Waals surface area contributed by atoms with Gasteiger partial charge in [0.05, 0.1) is 14.2 Å². The van der Waals surface area contributed by atoms with Crippen LogP contribution in [0.4, 0.5) is 0 Å². The van der Waals surface area contributed by atoms with Gasteiger partial charge in [-0.3, -0.25) is 14.4 Å². The van der Waals surface area contributed by atoms with Gasteiger partial charge in [0, 0.05) is 24.7 Å². The summed E-state index contributed by atoms with van der Waals surface area (Å²) in [6.45, 7) is 3.67. The molecule has 0 spiro atoms. The molecular weight excluding hydrogens is 344 g/mol. The van der Waals surface area contributed by atoms with Crippen molar-refractivity contribution in [3.63, 3.8) is 0 Å². The van der Waals surface area contributed by atoms with E-state index in [1.807, 2.05) is 62.4 Å². The minimum atomic E-state index is -1.62. The van der Waals surface area contributed by atoms with E-state index in [4.69, 9.17) is 9.47 Å². The van der Waals surface area contributed by atoms with E-state index in [2.05, 4.69) is 0 Å². The monoisotopic (exact) mass is 370 g/mol. The molecule has 0 bridgehead atoms. The van der Waals surface area contributed by atoms with Crippen molar-refractivity contribution in [1.29, 1.82) is 0 Å². The molecule has 0 radical (unpaired) electrons. The lowest BCUT2D eigenvalue weighted by Crippen LogP contribution is -2.55. The Morgan fingerprint density at radius 3 is 2.11 bits per heavy atom. The summed E-state index contributed by atoms with van der Waals surface area (Å²) in [4.78, 5) is 38.9. The van der Waals surface area contributed by atoms with Crippen molar-refractivity contribution in [2.24, 2.45) is 11.3 Å². The maximum absolute atomic E-state index is 13.1. The fraction of sp³-hybridized carbons (Fsp3) is 0.409. The molecule has 1 aliphatic rings. The lowest BCUT2D eigenvalue weighted by molar-refractivity contribution is -0.177. The highest BCUT2D eigenvalue weighted by atomic mass is 16.5. The summed E-state index contributed by atoms with van der Waals surface area (Å²) in [6.07, 6.45) is 5.64. The zero-order valence-corrected chi connectivity index (χ0v) is 16.2. The van der Waals surface area contributed by atoms with E-state index in [0.717, 1.165) is 11.1 Å². The van der Waals surface area contributed by atoms with Gasteiger partial charge in [-0.15, -0.1) is 0 Å². The van der Waals surface area contributed by atoms with Crippen molar-refractivity contribution in [3.05, 3.63) is 59.7 Å². The lowest BCUT2D eigenvalue weighted by Gasteiger charge is -2.45. The molecule has 2 atom stereocenters. The first-order valence-corrected chi connectivity index (χ1v) is 8.99. The van der Waals surface area contributed by atoms with E-state index in [1.165, 1.54) is 14.2 Å². The summed E-state index contributed by atoms with van der Waals surface area (Å²) >= 11 is 0. The van der Waals surface area contributed by atoms with Crippen LogP contribution in [-0.2, 0) is 23.9 Å². The third-order valence-electron chi connectivity index (χ3n) is 5.31. The third-order valence-corrected chi connectivity index (χ3v) is 5.31. The van der Waals surface area contributed by atoms with Gasteiger partial charge in [-0.25, -0.2) is 0 Å². The Kier molecular flexibility index (Phi) is 6.72. The Hall–Kier alpha value is -2.69. The third kappa shape index (κ3) is 3.59. The van der Waals surface area contributed by atoms with Crippen molar-refractivity contribution in [1.82, 2.24) is 0 Å². The van der Waals surface area contributed by atoms with E-state index in [9.17, 15) is 14.4 Å². The van der Waals surface area contributed by atoms with Crippen molar-refractivity contribution in [3.8, 4) is 0 Å². The molecule has 0 saturated heterocycles. The van der Waals surface area contributed by atoms with Gasteiger partial charge >= 0.3 is 11.9 Å². The Labute approximate surface area is 160 Å². The van der Waals surface area contributed by atoms with Crippen LogP contribution in [-0.4, -0.2) is 31.9 Å². The molecule has 5 heteroatoms. The summed E-state index contributed by atoms with van der Waals surface area (Å²) < 4.78 is 10.2. The normalized spacial score (nSPS) is 22.5. The number of carbonyl (C=O) groups is 3. The Morgan fingerprint density at radius 1 is 1.04 bits per heavy atom. The summed E-state index contributed by atoms with van der Waals surface area (Å²) in [7, 11) is 2.51. The molecule has 1 fully saturated rings. The van der Waals surface area contributed by atoms with Gasteiger partial charge in [-0.2, -0.15) is 0 Å². The van der Waals surface area contributed by atoms with Gasteiger partial charge in [0.2, 0.25) is 0 Å². The number of hydrogen-bond acceptors (Lipinski definition) is 5. The van der Waals surface area contributed by atoms with Crippen LogP contribution in [0.1, 0.15) is 38.2 Å². The SMILES string of the molecule is C/C=C\C(=C/C)C1CC(=O)CC(c2ccccc2)C1(C(=O)OC)C(=O)OC. The molecule has 0 aliphatic heterocycles. The first kappa shape index (κ1) is 20.6. The summed E-state index contributed by atoms with van der Waals surface area (Å²) in [5, 5.41) is 0. The molecule has 144 valence electrons. The minimum Gasteiger partial charge on any atom is -0.468 e. The van der Waals surface area contributed by atoms with E-state index in [-0.39, 0.29) is 18.6 Å². The zero-order chi connectivity index (χ0) is 20.0. The van der Waals surface area contributed by atoms with Crippen LogP contribution in [0.2, 0.25) is 0 Å². The second-order valence-corrected chi connectivity index (χ2v) is 6.60. The number of allylic oxidation sites excluding steroid dienone is 4. The molecule has 2 rings (SSSR count). The van der Waals surface area contributed by atoms with Crippen LogP contribution in [0.3, 0.4) is 0 Å². The van der Waals surface area contributed by atoms with Crippen molar-refractivity contribution < 1.29 is 23.9 Å². The van der Waals surface area contributed by atoms with Gasteiger partial charge in [0.25, 0.3) is 0 Å². The molecular formula is C22H26O5. The van der Waals surface area contributed by atoms with E-state index < -0.39 is 29.2 Å². The van der Waals surface area contributed by atoms with Crippen LogP contribution >= 0.6 is 0 Å². The van der Waals surface area contributed by atoms with Crippen LogP contribution in [0, 0.1) is 11.3 Å². The number of ketones is 1. The molecule has 2 unspecified atom stereocenters. The molecule has 1 aromatic carbocycles. The van der Waals surface area contributed by atoms with Gasteiger partial charge in [-0.1, -0.05) is 48.6 Å². The molecule has 0 N–H and O–H groups in total. The van der Waals surface area contributed by atoms with Gasteiger partial charge in [0.1, 0.15) is 5.78 Å². The Bertz CT molecular complexity index is 744. The smallest absolute Gasteiger partial charge is 0.324 e. The summed E-state index contributed by atoms with van der Waals surface area (Å²) in [5.74, 6) is -2.68. The van der Waals surface area contributed by atoms with Crippen molar-refractivity contribution in [2.75, 3.05) is 14.2 Å². The highest BCUT2D eigenvalue weighted by Crippen LogP contribution is 2.54. The number of rotatable bonds is 5. The molecule has 5 nitrogen and oxygen atoms in total. The molecule has 1 aromatic rings. The summed E-state index contributed by atoms with van der Waals surface area (Å²) in [6, 6.07) is 9.15. The van der Waals surface area contributed by atoms with Crippen molar-refractivity contribution in [2.45, 2.75) is 32.6 Å². The average molecular weight is 370 g/mol. The highest BCUT2D eigenvalue weighted by molar-refractivity contribution is 6.04. The first-order valence-electron chi connectivity index (χ1n) is 8.99. The van der Waals surface area contributed by atoms with Crippen molar-refractivity contribution >= 4 is 17.7 Å². The van der Waals surface area contributed by atoms with Crippen LogP contribution in [0.25, 0.3) is 0 Å². The number of benzene rings is 1. The molecule has 1 saturated carbocycles. The maximum atomic E-state index is 13.1. The Morgan fingerprint density at radius 2 is 1.63 bits per heavy atom. The second kappa shape index (κ2) is 8.80. The first-order chi connectivity index (χ1) is 13.0. The molecule has 0 heterocycles. The van der Waals surface area contributed by atoms with Gasteiger partial charge in [-0.05, 0) is 25.0 Å². The standard InChI is InChI=1S/C22H26O5/c1-5-10-15(6-2)18-13-17(23)14-19(16-11-8-7-9-12-16)22(18,20(24)26-3)21(25)27-4/h5-12,18-19H,13-14H2,1-4H3/b10-5-,15-6+. The Balaban J connectivity index is 2.82. The largest absolute Gasteiger partial charge is 0.468 e. The summed E-state index contributed by atoms with van der Waals surface area (Å²) in [5.41, 5.74) is -0.148. The maximum Gasteiger partial charge on any atom is 0.324 e. The number of ether oxygens (including phenoxy) is 2. The van der Waals surface area contributed by atoms with Crippen LogP contribution in [0.15, 0.2) is 54.1 Å². The molecule has 1 aliphatic carbocycles. The minimum absolute atomic E-state index is 0.00105. The number of hydrogen-bond donors (Lipinski definition) is 0. The van der Waals surface area contributed by atoms with Crippen LogP contribution < -0.4 is 0 Å². The topological polar surface area (TPSA) is 69.7 Å². The highest BCUT2D eigenvalue weighted by Gasteiger charge is 2.63. The quantitative estimate of drug-likeness (QED) is 0.450. The number of methoxy groups -OCH3 is 2. The number of esters is 2. The van der Waals surface area contributed by atoms with Gasteiger partial charge < -0.3 is 9.47 Å². The van der Waals surface area contributed by atoms with Gasteiger partial charge in [0.15, 0.2) is 5.41 Å². The van der Waals surface area contributed by atoms with E-state index in [1.54, 1.807) is 0 Å². The molecule has 0 aromatic heterocycles. The molecule has 27 heavy (non-hydrogen) atoms. The number of Topliss-reactive ketones (excluding diaryl/α,β-unsaturated/α-hetero) is 1. The van der Waals surface area contributed by atoms with E-state index >= 15 is 0 Å². The second-order valence-electron chi connectivity index (χ2n) is 6.60. The fourth-order valence-electron chi connectivity index (χ4n) is 4.15. The predicted molar refractivity (Wildman–Crippen MR) is 102 cm³/mol. The lowest BCUT2D eigenvalue weighted by atomic mass is 9.55. The average Bonchev–Trinajstić information content (AvgIpc) is 2.70. The zero-order valence-electron chi connectivity index (χ0n) is 16.2. The predicted octanol–water partition coefficient (Wildman–Crippen LogP) is 3.60. The fourth-order valence-corrected chi connectivity index (χ4v) is 4.15. The van der Waals surface area contributed by atoms with E-state index in [0.29, 0.717) is 0 Å². The number of carbonyl (C=O) groups excluding carboxylic acids is 3.